The molecule has 1 aromatic rings. The van der Waals surface area contributed by atoms with Gasteiger partial charge in [0.25, 0.3) is 0 Å². The van der Waals surface area contributed by atoms with Crippen molar-refractivity contribution in [2.45, 2.75) is 25.1 Å². The molecule has 1 aliphatic heterocycles. The predicted octanol–water partition coefficient (Wildman–Crippen LogP) is 3.55. The van der Waals surface area contributed by atoms with E-state index in [-0.39, 0.29) is 5.02 Å². The van der Waals surface area contributed by atoms with Gasteiger partial charge in [0, 0.05) is 31.4 Å². The average Bonchev–Trinajstić information content (AvgIpc) is 3.22. The maximum Gasteiger partial charge on any atom is 0.417 e. The van der Waals surface area contributed by atoms with Crippen molar-refractivity contribution in [2.24, 2.45) is 5.92 Å². The minimum atomic E-state index is -4.41. The summed E-state index contributed by atoms with van der Waals surface area (Å²) in [5.41, 5.74) is -0.146. The number of hydrogen-bond donors (Lipinski definition) is 1. The smallest absolute Gasteiger partial charge is 0.369 e. The van der Waals surface area contributed by atoms with E-state index in [1.807, 2.05) is 4.90 Å². The van der Waals surface area contributed by atoms with Crippen molar-refractivity contribution < 1.29 is 13.2 Å². The van der Waals surface area contributed by atoms with E-state index in [0.29, 0.717) is 17.6 Å². The molecule has 1 saturated heterocycles. The minimum Gasteiger partial charge on any atom is -0.369 e. The molecule has 0 amide bonds. The van der Waals surface area contributed by atoms with Crippen molar-refractivity contribution in [1.82, 2.24) is 5.32 Å². The lowest BCUT2D eigenvalue weighted by atomic mass is 10.1. The van der Waals surface area contributed by atoms with E-state index in [0.717, 1.165) is 25.7 Å². The van der Waals surface area contributed by atoms with Gasteiger partial charge in [0.2, 0.25) is 0 Å². The first-order valence-corrected chi connectivity index (χ1v) is 7.18. The molecule has 2 aliphatic rings. The van der Waals surface area contributed by atoms with Crippen LogP contribution in [0.5, 0.6) is 0 Å². The van der Waals surface area contributed by atoms with E-state index in [2.05, 4.69) is 5.32 Å². The minimum absolute atomic E-state index is 0.241. The second-order valence-corrected chi connectivity index (χ2v) is 5.91. The number of halogens is 4. The van der Waals surface area contributed by atoms with Crippen LogP contribution in [0.2, 0.25) is 5.02 Å². The highest BCUT2D eigenvalue weighted by Crippen LogP contribution is 2.38. The number of benzene rings is 1. The fraction of sp³-hybridized carbons (Fsp3) is 0.571. The average molecular weight is 305 g/mol. The van der Waals surface area contributed by atoms with Crippen LogP contribution in [0, 0.1) is 5.92 Å². The van der Waals surface area contributed by atoms with Gasteiger partial charge in [-0.2, -0.15) is 13.2 Å². The van der Waals surface area contributed by atoms with Gasteiger partial charge in [-0.1, -0.05) is 11.6 Å². The third-order valence-corrected chi connectivity index (χ3v) is 4.35. The Morgan fingerprint density at radius 1 is 1.25 bits per heavy atom. The molecule has 1 heterocycles. The van der Waals surface area contributed by atoms with Crippen LogP contribution in [-0.4, -0.2) is 25.7 Å². The Morgan fingerprint density at radius 3 is 2.65 bits per heavy atom. The Morgan fingerprint density at radius 2 is 2.00 bits per heavy atom. The van der Waals surface area contributed by atoms with Gasteiger partial charge in [0.15, 0.2) is 0 Å². The number of rotatable bonds is 2. The molecule has 1 saturated carbocycles. The van der Waals surface area contributed by atoms with E-state index in [1.54, 1.807) is 6.07 Å². The number of piperazine rings is 1. The molecule has 2 nitrogen and oxygen atoms in total. The summed E-state index contributed by atoms with van der Waals surface area (Å²) in [5.74, 6) is 0.687. The molecule has 0 aromatic heterocycles. The summed E-state index contributed by atoms with van der Waals surface area (Å²) < 4.78 is 38.7. The molecule has 1 N–H and O–H groups in total. The van der Waals surface area contributed by atoms with Crippen LogP contribution >= 0.6 is 11.6 Å². The molecule has 6 heteroatoms. The summed E-state index contributed by atoms with van der Waals surface area (Å²) in [6.45, 7) is 2.30. The number of alkyl halides is 3. The lowest BCUT2D eigenvalue weighted by molar-refractivity contribution is -0.137. The molecule has 3 rings (SSSR count). The summed E-state index contributed by atoms with van der Waals surface area (Å²) >= 11 is 5.66. The molecule has 1 aliphatic carbocycles. The zero-order valence-corrected chi connectivity index (χ0v) is 11.6. The molecule has 0 spiro atoms. The Hall–Kier alpha value is -0.940. The van der Waals surface area contributed by atoms with Crippen LogP contribution in [0.3, 0.4) is 0 Å². The summed E-state index contributed by atoms with van der Waals surface area (Å²) in [5, 5.41) is 3.21. The zero-order valence-electron chi connectivity index (χ0n) is 10.9. The van der Waals surface area contributed by atoms with Gasteiger partial charge >= 0.3 is 6.18 Å². The van der Waals surface area contributed by atoms with E-state index in [4.69, 9.17) is 11.6 Å². The van der Waals surface area contributed by atoms with Crippen LogP contribution in [-0.2, 0) is 6.18 Å². The van der Waals surface area contributed by atoms with E-state index in [1.165, 1.54) is 18.9 Å². The van der Waals surface area contributed by atoms with E-state index in [9.17, 15) is 13.2 Å². The molecular weight excluding hydrogens is 289 g/mol. The quantitative estimate of drug-likeness (QED) is 0.899. The molecule has 0 radical (unpaired) electrons. The largest absolute Gasteiger partial charge is 0.417 e. The Kier molecular flexibility index (Phi) is 3.58. The first-order valence-electron chi connectivity index (χ1n) is 6.80. The highest BCUT2D eigenvalue weighted by Gasteiger charge is 2.36. The van der Waals surface area contributed by atoms with Crippen molar-refractivity contribution in [2.75, 3.05) is 24.5 Å². The summed E-state index contributed by atoms with van der Waals surface area (Å²) in [7, 11) is 0. The van der Waals surface area contributed by atoms with E-state index >= 15 is 0 Å². The molecule has 1 aromatic carbocycles. The fourth-order valence-corrected chi connectivity index (χ4v) is 2.98. The normalized spacial score (nSPS) is 24.0. The van der Waals surface area contributed by atoms with Crippen molar-refractivity contribution in [3.63, 3.8) is 0 Å². The monoisotopic (exact) mass is 304 g/mol. The second-order valence-electron chi connectivity index (χ2n) is 5.51. The van der Waals surface area contributed by atoms with Gasteiger partial charge in [-0.15, -0.1) is 0 Å². The lowest BCUT2D eigenvalue weighted by Crippen LogP contribution is -2.51. The predicted molar refractivity (Wildman–Crippen MR) is 73.2 cm³/mol. The Balaban J connectivity index is 1.82. The van der Waals surface area contributed by atoms with Crippen molar-refractivity contribution in [1.29, 1.82) is 0 Å². The fourth-order valence-electron chi connectivity index (χ4n) is 2.75. The van der Waals surface area contributed by atoms with Gasteiger partial charge < -0.3 is 10.2 Å². The molecule has 20 heavy (non-hydrogen) atoms. The van der Waals surface area contributed by atoms with Crippen molar-refractivity contribution in [3.8, 4) is 0 Å². The summed E-state index contributed by atoms with van der Waals surface area (Å²) in [4.78, 5) is 2.02. The lowest BCUT2D eigenvalue weighted by Gasteiger charge is -2.35. The molecule has 1 unspecified atom stereocenters. The van der Waals surface area contributed by atoms with Gasteiger partial charge in [-0.05, 0) is 37.0 Å². The summed E-state index contributed by atoms with van der Waals surface area (Å²) in [6.07, 6.45) is -1.96. The third kappa shape index (κ3) is 2.88. The van der Waals surface area contributed by atoms with Crippen LogP contribution in [0.1, 0.15) is 18.4 Å². The second kappa shape index (κ2) is 5.11. The first-order chi connectivity index (χ1) is 9.45. The van der Waals surface area contributed by atoms with Gasteiger partial charge in [-0.25, -0.2) is 0 Å². The molecular formula is C14H16ClF3N2. The van der Waals surface area contributed by atoms with Gasteiger partial charge in [-0.3, -0.25) is 0 Å². The number of nitrogens with zero attached hydrogens (tertiary/aromatic N) is 1. The highest BCUT2D eigenvalue weighted by molar-refractivity contribution is 6.31. The van der Waals surface area contributed by atoms with Gasteiger partial charge in [0.1, 0.15) is 0 Å². The Bertz CT molecular complexity index is 500. The number of hydrogen-bond acceptors (Lipinski definition) is 2. The zero-order chi connectivity index (χ0) is 14.3. The maximum absolute atomic E-state index is 12.9. The standard InChI is InChI=1S/C14H16ClF3N2/c15-12-4-3-10(7-11(12)14(16,17)18)20-6-5-19-13(8-20)9-1-2-9/h3-4,7,9,13,19H,1-2,5-6,8H2. The van der Waals surface area contributed by atoms with E-state index < -0.39 is 11.7 Å². The van der Waals surface area contributed by atoms with Crippen molar-refractivity contribution >= 4 is 17.3 Å². The van der Waals surface area contributed by atoms with Crippen LogP contribution in [0.15, 0.2) is 18.2 Å². The Labute approximate surface area is 120 Å². The van der Waals surface area contributed by atoms with Crippen LogP contribution < -0.4 is 10.2 Å². The topological polar surface area (TPSA) is 15.3 Å². The molecule has 1 atom stereocenters. The molecule has 0 bridgehead atoms. The SMILES string of the molecule is FC(F)(F)c1cc(N2CCNC(C3CC3)C2)ccc1Cl. The molecule has 2 fully saturated rings. The highest BCUT2D eigenvalue weighted by atomic mass is 35.5. The number of nitrogens with one attached hydrogen (secondary N) is 1. The van der Waals surface area contributed by atoms with Gasteiger partial charge in [0.05, 0.1) is 10.6 Å². The number of anilines is 1. The van der Waals surface area contributed by atoms with Crippen LogP contribution in [0.4, 0.5) is 18.9 Å². The molecule has 110 valence electrons. The van der Waals surface area contributed by atoms with Crippen LogP contribution in [0.25, 0.3) is 0 Å². The third-order valence-electron chi connectivity index (χ3n) is 4.02. The first kappa shape index (κ1) is 14.0. The maximum atomic E-state index is 12.9. The summed E-state index contributed by atoms with van der Waals surface area (Å²) in [6, 6.07) is 4.58. The van der Waals surface area contributed by atoms with Crippen molar-refractivity contribution in [3.05, 3.63) is 28.8 Å².